The van der Waals surface area contributed by atoms with Crippen LogP contribution in [0.5, 0.6) is 0 Å². The minimum atomic E-state index is -2.45. The Morgan fingerprint density at radius 1 is 0.848 bits per heavy atom. The molecule has 4 rings (SSSR count). The second-order valence-corrected chi connectivity index (χ2v) is 13.6. The number of carbonyl (C=O) groups excluding carboxylic acids is 1. The minimum absolute atomic E-state index is 0.138. The summed E-state index contributed by atoms with van der Waals surface area (Å²) in [5, 5.41) is 2.55. The fraction of sp³-hybridized carbons (Fsp3) is 0.345. The van der Waals surface area contributed by atoms with Gasteiger partial charge in [0, 0.05) is 18.4 Å². The molecule has 3 aromatic carbocycles. The Bertz CT molecular complexity index is 975. The molecule has 0 bridgehead atoms. The molecule has 0 aromatic heterocycles. The maximum Gasteiger partial charge on any atom is 0.166 e. The molecule has 33 heavy (non-hydrogen) atoms. The Hall–Kier alpha value is -2.53. The minimum Gasteiger partial charge on any atom is -0.348 e. The van der Waals surface area contributed by atoms with Gasteiger partial charge in [0.25, 0.3) is 0 Å². The van der Waals surface area contributed by atoms with Gasteiger partial charge in [-0.05, 0) is 25.3 Å². The Balaban J connectivity index is 1.67. The van der Waals surface area contributed by atoms with Crippen molar-refractivity contribution in [2.75, 3.05) is 13.2 Å². The van der Waals surface area contributed by atoms with E-state index in [0.717, 1.165) is 12.8 Å². The molecule has 1 fully saturated rings. The van der Waals surface area contributed by atoms with Crippen molar-refractivity contribution in [2.45, 2.75) is 50.5 Å². The van der Waals surface area contributed by atoms with Crippen LogP contribution in [0, 0.1) is 0 Å². The largest absolute Gasteiger partial charge is 0.348 e. The average molecular weight is 459 g/mol. The number of benzene rings is 3. The van der Waals surface area contributed by atoms with Gasteiger partial charge >= 0.3 is 0 Å². The summed E-state index contributed by atoms with van der Waals surface area (Å²) >= 11 is 0. The molecule has 1 aliphatic rings. The van der Waals surface area contributed by atoms with Crippen molar-refractivity contribution in [1.82, 2.24) is 0 Å². The topological polar surface area (TPSA) is 35.5 Å². The molecule has 172 valence electrons. The SMILES string of the molecule is CC1(CC(C(=O)CCCc2ccccc2)[Si](C)(c2ccccc2)c2ccccc2)OCCO1. The number of aryl methyl sites for hydroxylation is 1. The molecule has 1 atom stereocenters. The lowest BCUT2D eigenvalue weighted by atomic mass is 10.0. The summed E-state index contributed by atoms with van der Waals surface area (Å²) in [6.07, 6.45) is 2.92. The maximum atomic E-state index is 14.0. The van der Waals surface area contributed by atoms with Crippen molar-refractivity contribution in [1.29, 1.82) is 0 Å². The first-order chi connectivity index (χ1) is 16.0. The van der Waals surface area contributed by atoms with Gasteiger partial charge in [0.2, 0.25) is 0 Å². The molecule has 0 saturated carbocycles. The predicted octanol–water partition coefficient (Wildman–Crippen LogP) is 4.99. The first kappa shape index (κ1) is 23.6. The number of hydrogen-bond acceptors (Lipinski definition) is 3. The normalized spacial score (nSPS) is 16.4. The highest BCUT2D eigenvalue weighted by molar-refractivity contribution is 7.04. The van der Waals surface area contributed by atoms with Gasteiger partial charge in [-0.15, -0.1) is 0 Å². The maximum absolute atomic E-state index is 14.0. The second-order valence-electron chi connectivity index (χ2n) is 9.33. The molecule has 1 aliphatic heterocycles. The van der Waals surface area contributed by atoms with E-state index in [0.29, 0.717) is 31.8 Å². The fourth-order valence-corrected chi connectivity index (χ4v) is 9.58. The molecule has 1 unspecified atom stereocenters. The Morgan fingerprint density at radius 2 is 1.33 bits per heavy atom. The standard InChI is InChI=1S/C29H34O3Si/c1-29(31-21-22-32-29)23-28(27(30)20-12-15-24-13-6-3-7-14-24)33(2,25-16-8-4-9-17-25)26-18-10-5-11-19-26/h3-11,13-14,16-19,28H,12,15,20-23H2,1-2H3. The van der Waals surface area contributed by atoms with E-state index in [4.69, 9.17) is 9.47 Å². The molecule has 0 amide bonds. The molecule has 1 heterocycles. The summed E-state index contributed by atoms with van der Waals surface area (Å²) in [5.41, 5.74) is 1.14. The lowest BCUT2D eigenvalue weighted by molar-refractivity contribution is -0.151. The first-order valence-electron chi connectivity index (χ1n) is 12.0. The van der Waals surface area contributed by atoms with Gasteiger partial charge in [0.1, 0.15) is 13.9 Å². The average Bonchev–Trinajstić information content (AvgIpc) is 3.30. The number of hydrogen-bond donors (Lipinski definition) is 0. The van der Waals surface area contributed by atoms with Crippen molar-refractivity contribution in [2.24, 2.45) is 0 Å². The second kappa shape index (κ2) is 10.6. The first-order valence-corrected chi connectivity index (χ1v) is 14.5. The smallest absolute Gasteiger partial charge is 0.166 e. The van der Waals surface area contributed by atoms with Gasteiger partial charge in [-0.2, -0.15) is 0 Å². The van der Waals surface area contributed by atoms with E-state index in [-0.39, 0.29) is 5.54 Å². The van der Waals surface area contributed by atoms with Gasteiger partial charge in [0.15, 0.2) is 5.79 Å². The van der Waals surface area contributed by atoms with Crippen LogP contribution < -0.4 is 10.4 Å². The molecule has 4 heteroatoms. The summed E-state index contributed by atoms with van der Waals surface area (Å²) in [5.74, 6) is -0.384. The Labute approximate surface area is 198 Å². The predicted molar refractivity (Wildman–Crippen MR) is 137 cm³/mol. The Morgan fingerprint density at radius 3 is 1.85 bits per heavy atom. The number of carbonyl (C=O) groups is 1. The molecule has 3 nitrogen and oxygen atoms in total. The number of ether oxygens (including phenoxy) is 2. The third kappa shape index (κ3) is 5.52. The van der Waals surface area contributed by atoms with E-state index in [9.17, 15) is 4.79 Å². The third-order valence-electron chi connectivity index (χ3n) is 7.04. The van der Waals surface area contributed by atoms with Crippen LogP contribution in [0.1, 0.15) is 31.7 Å². The quantitative estimate of drug-likeness (QED) is 0.401. The van der Waals surface area contributed by atoms with Crippen LogP contribution in [0.3, 0.4) is 0 Å². The molecule has 0 N–H and O–H groups in total. The van der Waals surface area contributed by atoms with Crippen molar-refractivity contribution in [3.8, 4) is 0 Å². The highest BCUT2D eigenvalue weighted by atomic mass is 28.3. The van der Waals surface area contributed by atoms with E-state index in [2.05, 4.69) is 79.3 Å². The number of ketones is 1. The number of Topliss-reactive ketones (excluding diaryl/α,β-unsaturated/α-hetero) is 1. The van der Waals surface area contributed by atoms with Crippen LogP contribution in [0.15, 0.2) is 91.0 Å². The van der Waals surface area contributed by atoms with Gasteiger partial charge < -0.3 is 9.47 Å². The van der Waals surface area contributed by atoms with E-state index in [1.165, 1.54) is 15.9 Å². The Kier molecular flexibility index (Phi) is 7.59. The lowest BCUT2D eigenvalue weighted by Crippen LogP contribution is -2.62. The summed E-state index contributed by atoms with van der Waals surface area (Å²) < 4.78 is 12.0. The van der Waals surface area contributed by atoms with Crippen molar-refractivity contribution < 1.29 is 14.3 Å². The van der Waals surface area contributed by atoms with E-state index < -0.39 is 13.9 Å². The van der Waals surface area contributed by atoms with E-state index in [1.807, 2.05) is 25.1 Å². The summed E-state index contributed by atoms with van der Waals surface area (Å²) in [7, 11) is -2.45. The van der Waals surface area contributed by atoms with Crippen molar-refractivity contribution in [3.63, 3.8) is 0 Å². The van der Waals surface area contributed by atoms with Crippen LogP contribution in [0.25, 0.3) is 0 Å². The molecule has 3 aromatic rings. The third-order valence-corrected chi connectivity index (χ3v) is 12.0. The monoisotopic (exact) mass is 458 g/mol. The zero-order valence-electron chi connectivity index (χ0n) is 19.7. The van der Waals surface area contributed by atoms with Crippen LogP contribution in [0.4, 0.5) is 0 Å². The molecule has 0 spiro atoms. The fourth-order valence-electron chi connectivity index (χ4n) is 5.11. The summed E-state index contributed by atoms with van der Waals surface area (Å²) in [6.45, 7) is 5.51. The molecular weight excluding hydrogens is 424 g/mol. The van der Waals surface area contributed by atoms with Crippen molar-refractivity contribution in [3.05, 3.63) is 96.6 Å². The zero-order valence-corrected chi connectivity index (χ0v) is 20.7. The van der Waals surface area contributed by atoms with Crippen LogP contribution >= 0.6 is 0 Å². The lowest BCUT2D eigenvalue weighted by Gasteiger charge is -2.39. The zero-order chi connectivity index (χ0) is 23.2. The molecule has 1 saturated heterocycles. The number of rotatable bonds is 10. The molecular formula is C29H34O3Si. The van der Waals surface area contributed by atoms with E-state index >= 15 is 0 Å². The molecule has 0 radical (unpaired) electrons. The van der Waals surface area contributed by atoms with Crippen molar-refractivity contribution >= 4 is 24.2 Å². The molecule has 0 aliphatic carbocycles. The highest BCUT2D eigenvalue weighted by Gasteiger charge is 2.48. The van der Waals surface area contributed by atoms with Crippen LogP contribution in [-0.4, -0.2) is 32.9 Å². The van der Waals surface area contributed by atoms with Crippen LogP contribution in [-0.2, 0) is 20.7 Å². The van der Waals surface area contributed by atoms with Gasteiger partial charge in [-0.1, -0.05) is 108 Å². The van der Waals surface area contributed by atoms with Gasteiger partial charge in [-0.3, -0.25) is 4.79 Å². The van der Waals surface area contributed by atoms with E-state index in [1.54, 1.807) is 0 Å². The summed E-state index contributed by atoms with van der Waals surface area (Å²) in [4.78, 5) is 14.0. The van der Waals surface area contributed by atoms with Gasteiger partial charge in [0.05, 0.1) is 13.2 Å². The van der Waals surface area contributed by atoms with Crippen LogP contribution in [0.2, 0.25) is 12.1 Å². The summed E-state index contributed by atoms with van der Waals surface area (Å²) in [6, 6.07) is 31.7. The highest BCUT2D eigenvalue weighted by Crippen LogP contribution is 2.37. The van der Waals surface area contributed by atoms with Gasteiger partial charge in [-0.25, -0.2) is 0 Å².